The second-order valence-corrected chi connectivity index (χ2v) is 6.78. The Labute approximate surface area is 166 Å². The highest BCUT2D eigenvalue weighted by Crippen LogP contribution is 2.30. The molecule has 3 aromatic heterocycles. The third-order valence-electron chi connectivity index (χ3n) is 3.83. The summed E-state index contributed by atoms with van der Waals surface area (Å²) in [5, 5.41) is 11.8. The normalized spacial score (nSPS) is 11.0. The Hall–Kier alpha value is -3.32. The molecule has 1 N–H and O–H groups in total. The largest absolute Gasteiger partial charge is 0.402 e. The van der Waals surface area contributed by atoms with Crippen LogP contribution in [0.4, 0.5) is 6.01 Å². The lowest BCUT2D eigenvalue weighted by molar-refractivity contribution is 0.572. The summed E-state index contributed by atoms with van der Waals surface area (Å²) < 4.78 is 5.72. The molecule has 0 spiro atoms. The number of aromatic nitrogens is 5. The first-order valence-corrected chi connectivity index (χ1v) is 9.14. The van der Waals surface area contributed by atoms with Crippen molar-refractivity contribution in [3.05, 3.63) is 59.8 Å². The van der Waals surface area contributed by atoms with Gasteiger partial charge < -0.3 is 9.73 Å². The predicted molar refractivity (Wildman–Crippen MR) is 108 cm³/mol. The van der Waals surface area contributed by atoms with Crippen molar-refractivity contribution < 1.29 is 4.42 Å². The van der Waals surface area contributed by atoms with Gasteiger partial charge in [-0.2, -0.15) is 0 Å². The van der Waals surface area contributed by atoms with Gasteiger partial charge in [-0.05, 0) is 38.1 Å². The van der Waals surface area contributed by atoms with Crippen LogP contribution in [0.2, 0.25) is 5.02 Å². The Morgan fingerprint density at radius 2 is 1.71 bits per heavy atom. The van der Waals surface area contributed by atoms with E-state index in [1.165, 1.54) is 0 Å². The average molecular weight is 393 g/mol. The lowest BCUT2D eigenvalue weighted by Gasteiger charge is -2.08. The SMILES string of the molecule is CC(C)Nc1nnc(-c2cc(-c3ccccc3Cl)nc(-c3ccccn3)n2)o1. The fraction of sp³-hybridized carbons (Fsp3) is 0.150. The van der Waals surface area contributed by atoms with Crippen molar-refractivity contribution in [2.75, 3.05) is 5.32 Å². The minimum absolute atomic E-state index is 0.168. The topological polar surface area (TPSA) is 89.6 Å². The Morgan fingerprint density at radius 3 is 2.46 bits per heavy atom. The van der Waals surface area contributed by atoms with Gasteiger partial charge in [0.25, 0.3) is 5.89 Å². The van der Waals surface area contributed by atoms with Gasteiger partial charge in [0.2, 0.25) is 0 Å². The molecule has 7 nitrogen and oxygen atoms in total. The predicted octanol–water partition coefficient (Wildman–Crippen LogP) is 4.73. The second-order valence-electron chi connectivity index (χ2n) is 6.37. The van der Waals surface area contributed by atoms with Crippen molar-refractivity contribution in [1.29, 1.82) is 0 Å². The Bertz CT molecular complexity index is 1100. The van der Waals surface area contributed by atoms with Gasteiger partial charge >= 0.3 is 6.01 Å². The molecule has 0 atom stereocenters. The zero-order chi connectivity index (χ0) is 19.5. The maximum atomic E-state index is 6.38. The summed E-state index contributed by atoms with van der Waals surface area (Å²) in [6.45, 7) is 3.98. The molecule has 3 heterocycles. The van der Waals surface area contributed by atoms with Crippen LogP contribution >= 0.6 is 11.6 Å². The number of anilines is 1. The van der Waals surface area contributed by atoms with E-state index in [4.69, 9.17) is 16.0 Å². The van der Waals surface area contributed by atoms with Crippen molar-refractivity contribution in [3.8, 4) is 34.4 Å². The van der Waals surface area contributed by atoms with E-state index in [2.05, 4.69) is 30.5 Å². The molecule has 28 heavy (non-hydrogen) atoms. The van der Waals surface area contributed by atoms with Crippen LogP contribution in [-0.4, -0.2) is 31.2 Å². The van der Waals surface area contributed by atoms with Crippen molar-refractivity contribution in [2.24, 2.45) is 0 Å². The molecule has 1 aromatic carbocycles. The molecule has 8 heteroatoms. The summed E-state index contributed by atoms with van der Waals surface area (Å²) in [6, 6.07) is 15.3. The first-order valence-electron chi connectivity index (χ1n) is 8.76. The van der Waals surface area contributed by atoms with Crippen LogP contribution in [-0.2, 0) is 0 Å². The number of nitrogens with one attached hydrogen (secondary N) is 1. The van der Waals surface area contributed by atoms with E-state index in [0.717, 1.165) is 5.56 Å². The molecular formula is C20H17ClN6O. The summed E-state index contributed by atoms with van der Waals surface area (Å²) in [6.07, 6.45) is 1.69. The van der Waals surface area contributed by atoms with E-state index < -0.39 is 0 Å². The van der Waals surface area contributed by atoms with E-state index in [9.17, 15) is 0 Å². The average Bonchev–Trinajstić information content (AvgIpc) is 3.16. The molecule has 0 aliphatic carbocycles. The number of rotatable bonds is 5. The lowest BCUT2D eigenvalue weighted by Crippen LogP contribution is -2.09. The number of benzene rings is 1. The third-order valence-corrected chi connectivity index (χ3v) is 4.16. The van der Waals surface area contributed by atoms with Gasteiger partial charge in [-0.25, -0.2) is 9.97 Å². The van der Waals surface area contributed by atoms with Gasteiger partial charge in [-0.3, -0.25) is 4.98 Å². The fourth-order valence-electron chi connectivity index (χ4n) is 2.61. The molecule has 0 fully saturated rings. The molecule has 0 unspecified atom stereocenters. The molecule has 0 radical (unpaired) electrons. The molecule has 0 saturated heterocycles. The summed E-state index contributed by atoms with van der Waals surface area (Å²) in [5.41, 5.74) is 2.56. The molecule has 0 saturated carbocycles. The van der Waals surface area contributed by atoms with Gasteiger partial charge in [0.15, 0.2) is 5.82 Å². The Balaban J connectivity index is 1.85. The molecule has 0 aliphatic rings. The summed E-state index contributed by atoms with van der Waals surface area (Å²) in [5.74, 6) is 0.737. The van der Waals surface area contributed by atoms with Crippen molar-refractivity contribution in [3.63, 3.8) is 0 Å². The monoisotopic (exact) mass is 392 g/mol. The van der Waals surface area contributed by atoms with Crippen LogP contribution in [0.5, 0.6) is 0 Å². The van der Waals surface area contributed by atoms with Crippen LogP contribution in [0.1, 0.15) is 13.8 Å². The van der Waals surface area contributed by atoms with E-state index in [1.807, 2.05) is 56.3 Å². The smallest absolute Gasteiger partial charge is 0.316 e. The number of halogens is 1. The Morgan fingerprint density at radius 1 is 0.929 bits per heavy atom. The second kappa shape index (κ2) is 7.74. The minimum Gasteiger partial charge on any atom is -0.402 e. The van der Waals surface area contributed by atoms with E-state index >= 15 is 0 Å². The molecule has 0 amide bonds. The van der Waals surface area contributed by atoms with Crippen molar-refractivity contribution >= 4 is 17.6 Å². The highest BCUT2D eigenvalue weighted by molar-refractivity contribution is 6.33. The molecule has 140 valence electrons. The summed E-state index contributed by atoms with van der Waals surface area (Å²) >= 11 is 6.38. The quantitative estimate of drug-likeness (QED) is 0.525. The van der Waals surface area contributed by atoms with Crippen LogP contribution < -0.4 is 5.32 Å². The first kappa shape index (κ1) is 18.1. The number of nitrogens with zero attached hydrogens (tertiary/aromatic N) is 5. The van der Waals surface area contributed by atoms with Crippen LogP contribution in [0.25, 0.3) is 34.4 Å². The molecule has 0 bridgehead atoms. The van der Waals surface area contributed by atoms with Crippen molar-refractivity contribution in [2.45, 2.75) is 19.9 Å². The third kappa shape index (κ3) is 3.84. The summed E-state index contributed by atoms with van der Waals surface area (Å²) in [4.78, 5) is 13.6. The van der Waals surface area contributed by atoms with Gasteiger partial charge in [0.05, 0.1) is 5.69 Å². The van der Waals surface area contributed by atoms with Crippen LogP contribution in [0.3, 0.4) is 0 Å². The summed E-state index contributed by atoms with van der Waals surface area (Å²) in [7, 11) is 0. The van der Waals surface area contributed by atoms with Gasteiger partial charge in [-0.15, -0.1) is 5.10 Å². The van der Waals surface area contributed by atoms with Gasteiger partial charge in [0.1, 0.15) is 11.4 Å². The zero-order valence-corrected chi connectivity index (χ0v) is 16.1. The minimum atomic E-state index is 0.168. The number of hydrogen-bond donors (Lipinski definition) is 1. The number of pyridine rings is 1. The van der Waals surface area contributed by atoms with Crippen molar-refractivity contribution in [1.82, 2.24) is 25.1 Å². The molecule has 4 rings (SSSR count). The molecule has 4 aromatic rings. The van der Waals surface area contributed by atoms with E-state index in [1.54, 1.807) is 12.3 Å². The maximum Gasteiger partial charge on any atom is 0.316 e. The first-order chi connectivity index (χ1) is 13.6. The highest BCUT2D eigenvalue weighted by Gasteiger charge is 2.17. The van der Waals surface area contributed by atoms with E-state index in [-0.39, 0.29) is 11.9 Å². The maximum absolute atomic E-state index is 6.38. The van der Waals surface area contributed by atoms with Crippen LogP contribution in [0.15, 0.2) is 59.1 Å². The highest BCUT2D eigenvalue weighted by atomic mass is 35.5. The van der Waals surface area contributed by atoms with Gasteiger partial charge in [0, 0.05) is 22.8 Å². The number of hydrogen-bond acceptors (Lipinski definition) is 7. The fourth-order valence-corrected chi connectivity index (χ4v) is 2.84. The zero-order valence-electron chi connectivity index (χ0n) is 15.3. The van der Waals surface area contributed by atoms with E-state index in [0.29, 0.717) is 33.9 Å². The lowest BCUT2D eigenvalue weighted by atomic mass is 10.1. The molecular weight excluding hydrogens is 376 g/mol. The Kier molecular flexibility index (Phi) is 4.99. The van der Waals surface area contributed by atoms with Gasteiger partial charge in [-0.1, -0.05) is 41.0 Å². The molecule has 0 aliphatic heterocycles. The van der Waals surface area contributed by atoms with Crippen LogP contribution in [0, 0.1) is 0 Å². The standard InChI is InChI=1S/C20H17ClN6O/c1-12(2)23-20-27-26-19(28-20)17-11-16(13-7-3-4-8-14(13)21)24-18(25-17)15-9-5-6-10-22-15/h3-12H,1-2H3,(H,23,27).